The number of phenolic OH excluding ortho intramolecular Hbond substituents is 1. The summed E-state index contributed by atoms with van der Waals surface area (Å²) >= 11 is 0. The number of benzene rings is 2. The van der Waals surface area contributed by atoms with Crippen LogP contribution >= 0.6 is 0 Å². The van der Waals surface area contributed by atoms with Gasteiger partial charge in [0.2, 0.25) is 0 Å². The molecule has 2 heterocycles. The molecular formula is C18H17NO4. The average molecular weight is 311 g/mol. The highest BCUT2D eigenvalue weighted by Crippen LogP contribution is 2.45. The SMILES string of the molecule is COc1cc2c(cc1O)CC1=NCCc3ccc(OC)c(c31)O2. The van der Waals surface area contributed by atoms with Crippen molar-refractivity contribution in [2.45, 2.75) is 12.8 Å². The van der Waals surface area contributed by atoms with Gasteiger partial charge in [-0.25, -0.2) is 0 Å². The van der Waals surface area contributed by atoms with Crippen molar-refractivity contribution in [3.8, 4) is 28.7 Å². The molecule has 0 aliphatic carbocycles. The van der Waals surface area contributed by atoms with Gasteiger partial charge in [-0.3, -0.25) is 4.99 Å². The van der Waals surface area contributed by atoms with Crippen LogP contribution in [0.3, 0.4) is 0 Å². The van der Waals surface area contributed by atoms with Gasteiger partial charge in [0, 0.05) is 30.2 Å². The molecule has 2 aromatic rings. The molecule has 0 bridgehead atoms. The van der Waals surface area contributed by atoms with Gasteiger partial charge in [0.1, 0.15) is 5.75 Å². The number of aliphatic imine (C=N–C) groups is 1. The summed E-state index contributed by atoms with van der Waals surface area (Å²) in [7, 11) is 3.15. The molecule has 5 nitrogen and oxygen atoms in total. The number of ether oxygens (including phenoxy) is 3. The fourth-order valence-corrected chi connectivity index (χ4v) is 3.21. The van der Waals surface area contributed by atoms with Crippen molar-refractivity contribution in [1.82, 2.24) is 0 Å². The summed E-state index contributed by atoms with van der Waals surface area (Å²) in [6.45, 7) is 0.769. The third kappa shape index (κ3) is 2.11. The van der Waals surface area contributed by atoms with E-state index < -0.39 is 0 Å². The van der Waals surface area contributed by atoms with Crippen molar-refractivity contribution in [3.05, 3.63) is 41.0 Å². The third-order valence-corrected chi connectivity index (χ3v) is 4.33. The highest BCUT2D eigenvalue weighted by molar-refractivity contribution is 6.07. The lowest BCUT2D eigenvalue weighted by Gasteiger charge is -2.19. The zero-order chi connectivity index (χ0) is 16.0. The van der Waals surface area contributed by atoms with E-state index in [1.54, 1.807) is 19.2 Å². The van der Waals surface area contributed by atoms with E-state index in [0.717, 1.165) is 29.8 Å². The average Bonchev–Trinajstić information content (AvgIpc) is 2.72. The van der Waals surface area contributed by atoms with Crippen LogP contribution in [-0.4, -0.2) is 31.6 Å². The number of phenols is 1. The minimum atomic E-state index is 0.101. The molecule has 0 saturated heterocycles. The molecule has 2 aliphatic rings. The molecule has 2 aromatic carbocycles. The van der Waals surface area contributed by atoms with Crippen LogP contribution in [0.25, 0.3) is 0 Å². The molecule has 4 rings (SSSR count). The summed E-state index contributed by atoms with van der Waals surface area (Å²) in [6.07, 6.45) is 1.50. The Balaban J connectivity index is 1.96. The van der Waals surface area contributed by atoms with E-state index in [0.29, 0.717) is 29.4 Å². The van der Waals surface area contributed by atoms with E-state index in [1.165, 1.54) is 12.7 Å². The number of nitrogens with zero attached hydrogens (tertiary/aromatic N) is 1. The molecule has 23 heavy (non-hydrogen) atoms. The lowest BCUT2D eigenvalue weighted by Crippen LogP contribution is -2.15. The summed E-state index contributed by atoms with van der Waals surface area (Å²) < 4.78 is 16.8. The number of fused-ring (bicyclic) bond motifs is 1. The highest BCUT2D eigenvalue weighted by Gasteiger charge is 2.28. The molecule has 0 amide bonds. The second-order valence-electron chi connectivity index (χ2n) is 5.62. The van der Waals surface area contributed by atoms with Gasteiger partial charge in [0.05, 0.1) is 19.9 Å². The van der Waals surface area contributed by atoms with Crippen LogP contribution in [0.5, 0.6) is 28.7 Å². The standard InChI is InChI=1S/C18H17NO4/c1-21-14-4-3-10-5-6-19-12-7-11-8-13(20)16(22-2)9-15(11)23-18(14)17(10)12/h3-4,8-9,20H,5-7H2,1-2H3. The van der Waals surface area contributed by atoms with Crippen molar-refractivity contribution in [1.29, 1.82) is 0 Å². The zero-order valence-corrected chi connectivity index (χ0v) is 13.0. The Morgan fingerprint density at radius 2 is 1.91 bits per heavy atom. The summed E-state index contributed by atoms with van der Waals surface area (Å²) in [4.78, 5) is 4.68. The lowest BCUT2D eigenvalue weighted by atomic mass is 9.93. The van der Waals surface area contributed by atoms with Gasteiger partial charge in [-0.2, -0.15) is 0 Å². The second-order valence-corrected chi connectivity index (χ2v) is 5.62. The van der Waals surface area contributed by atoms with Crippen molar-refractivity contribution in [3.63, 3.8) is 0 Å². The Labute approximate surface area is 134 Å². The lowest BCUT2D eigenvalue weighted by molar-refractivity contribution is 0.362. The van der Waals surface area contributed by atoms with Crippen LogP contribution < -0.4 is 14.2 Å². The molecule has 1 N–H and O–H groups in total. The van der Waals surface area contributed by atoms with Crippen LogP contribution in [0.15, 0.2) is 29.3 Å². The van der Waals surface area contributed by atoms with Gasteiger partial charge in [-0.05, 0) is 24.1 Å². The molecule has 0 unspecified atom stereocenters. The van der Waals surface area contributed by atoms with Gasteiger partial charge in [-0.15, -0.1) is 0 Å². The van der Waals surface area contributed by atoms with E-state index in [9.17, 15) is 5.11 Å². The zero-order valence-electron chi connectivity index (χ0n) is 13.0. The van der Waals surface area contributed by atoms with E-state index in [2.05, 4.69) is 11.1 Å². The van der Waals surface area contributed by atoms with Crippen LogP contribution in [0.1, 0.15) is 16.7 Å². The summed E-state index contributed by atoms with van der Waals surface area (Å²) in [5, 5.41) is 10.1. The van der Waals surface area contributed by atoms with Gasteiger partial charge >= 0.3 is 0 Å². The maximum Gasteiger partial charge on any atom is 0.178 e. The molecule has 2 aliphatic heterocycles. The number of hydrogen-bond acceptors (Lipinski definition) is 5. The predicted molar refractivity (Wildman–Crippen MR) is 86.5 cm³/mol. The van der Waals surface area contributed by atoms with Crippen molar-refractivity contribution in [2.24, 2.45) is 4.99 Å². The van der Waals surface area contributed by atoms with E-state index >= 15 is 0 Å². The Morgan fingerprint density at radius 1 is 1.09 bits per heavy atom. The Hall–Kier alpha value is -2.69. The topological polar surface area (TPSA) is 60.3 Å². The smallest absolute Gasteiger partial charge is 0.178 e. The van der Waals surface area contributed by atoms with Gasteiger partial charge in [-0.1, -0.05) is 6.07 Å². The molecule has 0 atom stereocenters. The monoisotopic (exact) mass is 311 g/mol. The molecule has 0 spiro atoms. The molecule has 0 saturated carbocycles. The summed E-state index contributed by atoms with van der Waals surface area (Å²) in [5.74, 6) is 2.51. The fourth-order valence-electron chi connectivity index (χ4n) is 3.21. The normalized spacial score (nSPS) is 14.8. The Morgan fingerprint density at radius 3 is 2.70 bits per heavy atom. The van der Waals surface area contributed by atoms with E-state index in [4.69, 9.17) is 14.2 Å². The molecular weight excluding hydrogens is 294 g/mol. The quantitative estimate of drug-likeness (QED) is 0.926. The molecule has 5 heteroatoms. The number of aromatic hydroxyl groups is 1. The number of rotatable bonds is 2. The van der Waals surface area contributed by atoms with Gasteiger partial charge < -0.3 is 19.3 Å². The summed E-state index contributed by atoms with van der Waals surface area (Å²) in [6, 6.07) is 7.40. The van der Waals surface area contributed by atoms with Crippen LogP contribution in [0, 0.1) is 0 Å². The first-order valence-electron chi connectivity index (χ1n) is 7.52. The van der Waals surface area contributed by atoms with Gasteiger partial charge in [0.25, 0.3) is 0 Å². The highest BCUT2D eigenvalue weighted by atomic mass is 16.5. The van der Waals surface area contributed by atoms with Crippen molar-refractivity contribution < 1.29 is 19.3 Å². The van der Waals surface area contributed by atoms with Crippen molar-refractivity contribution >= 4 is 5.71 Å². The van der Waals surface area contributed by atoms with Crippen LogP contribution in [-0.2, 0) is 12.8 Å². The molecule has 0 fully saturated rings. The van der Waals surface area contributed by atoms with Crippen LogP contribution in [0.2, 0.25) is 0 Å². The maximum atomic E-state index is 10.1. The second kappa shape index (κ2) is 5.19. The third-order valence-electron chi connectivity index (χ3n) is 4.33. The fraction of sp³-hybridized carbons (Fsp3) is 0.278. The summed E-state index contributed by atoms with van der Waals surface area (Å²) in [5.41, 5.74) is 4.09. The first-order valence-corrected chi connectivity index (χ1v) is 7.52. The number of methoxy groups -OCH3 is 2. The Kier molecular flexibility index (Phi) is 3.15. The molecule has 118 valence electrons. The van der Waals surface area contributed by atoms with E-state index in [-0.39, 0.29) is 5.75 Å². The largest absolute Gasteiger partial charge is 0.504 e. The first-order chi connectivity index (χ1) is 11.2. The maximum absolute atomic E-state index is 10.1. The first kappa shape index (κ1) is 13.9. The minimum absolute atomic E-state index is 0.101. The van der Waals surface area contributed by atoms with Crippen LogP contribution in [0.4, 0.5) is 0 Å². The van der Waals surface area contributed by atoms with Crippen molar-refractivity contribution in [2.75, 3.05) is 20.8 Å². The minimum Gasteiger partial charge on any atom is -0.504 e. The molecule has 0 aromatic heterocycles. The van der Waals surface area contributed by atoms with Gasteiger partial charge in [0.15, 0.2) is 23.0 Å². The number of hydrogen-bond donors (Lipinski definition) is 1. The predicted octanol–water partition coefficient (Wildman–Crippen LogP) is 3.10. The van der Waals surface area contributed by atoms with E-state index in [1.807, 2.05) is 6.07 Å². The Bertz CT molecular complexity index is 826. The molecule has 0 radical (unpaired) electrons.